The van der Waals surface area contributed by atoms with Crippen LogP contribution in [0.3, 0.4) is 0 Å². The van der Waals surface area contributed by atoms with Gasteiger partial charge in [-0.25, -0.2) is 4.39 Å². The summed E-state index contributed by atoms with van der Waals surface area (Å²) in [5, 5.41) is 0. The molecule has 1 aliphatic rings. The molecule has 2 aromatic rings. The van der Waals surface area contributed by atoms with Crippen LogP contribution in [0.2, 0.25) is 0 Å². The van der Waals surface area contributed by atoms with Gasteiger partial charge < -0.3 is 0 Å². The molecule has 2 aromatic carbocycles. The molecule has 0 bridgehead atoms. The Kier molecular flexibility index (Phi) is 6.78. The Morgan fingerprint density at radius 3 is 2.29 bits per heavy atom. The van der Waals surface area contributed by atoms with Crippen molar-refractivity contribution in [2.75, 3.05) is 0 Å². The summed E-state index contributed by atoms with van der Waals surface area (Å²) < 4.78 is 13.4. The Balaban J connectivity index is 0.000000454. The molecule has 0 spiro atoms. The van der Waals surface area contributed by atoms with Crippen molar-refractivity contribution in [1.29, 1.82) is 0 Å². The minimum Gasteiger partial charge on any atom is -0.207 e. The molecule has 0 aliphatic heterocycles. The number of hydrogen-bond donors (Lipinski definition) is 0. The predicted molar refractivity (Wildman–Crippen MR) is 103 cm³/mol. The molecule has 0 heterocycles. The third-order valence-corrected chi connectivity index (χ3v) is 4.55. The largest absolute Gasteiger partial charge is 0.207 e. The molecule has 1 heteroatoms. The molecular formula is C23H29F. The van der Waals surface area contributed by atoms with Crippen LogP contribution in [0.25, 0.3) is 11.1 Å². The number of aryl methyl sites for hydroxylation is 1. The van der Waals surface area contributed by atoms with Gasteiger partial charge in [0.15, 0.2) is 0 Å². The summed E-state index contributed by atoms with van der Waals surface area (Å²) in [4.78, 5) is 0. The van der Waals surface area contributed by atoms with Crippen LogP contribution >= 0.6 is 0 Å². The highest BCUT2D eigenvalue weighted by atomic mass is 19.1. The van der Waals surface area contributed by atoms with Gasteiger partial charge in [0.25, 0.3) is 0 Å². The van der Waals surface area contributed by atoms with Gasteiger partial charge in [0, 0.05) is 0 Å². The van der Waals surface area contributed by atoms with Gasteiger partial charge in [-0.15, -0.1) is 0 Å². The van der Waals surface area contributed by atoms with Crippen molar-refractivity contribution in [1.82, 2.24) is 0 Å². The molecule has 0 amide bonds. The van der Waals surface area contributed by atoms with Gasteiger partial charge in [-0.05, 0) is 66.2 Å². The second-order valence-electron chi connectivity index (χ2n) is 6.86. The van der Waals surface area contributed by atoms with E-state index in [9.17, 15) is 4.39 Å². The molecule has 1 aliphatic carbocycles. The smallest absolute Gasteiger partial charge is 0.123 e. The maximum Gasteiger partial charge on any atom is 0.123 e. The molecule has 3 rings (SSSR count). The van der Waals surface area contributed by atoms with E-state index in [4.69, 9.17) is 0 Å². The van der Waals surface area contributed by atoms with Crippen LogP contribution in [0.15, 0.2) is 48.5 Å². The average molecular weight is 324 g/mol. The fourth-order valence-corrected chi connectivity index (χ4v) is 2.75. The lowest BCUT2D eigenvalue weighted by Crippen LogP contribution is -1.93. The van der Waals surface area contributed by atoms with E-state index < -0.39 is 0 Å². The van der Waals surface area contributed by atoms with Gasteiger partial charge in [0.2, 0.25) is 0 Å². The molecule has 1 fully saturated rings. The maximum atomic E-state index is 13.4. The van der Waals surface area contributed by atoms with Crippen LogP contribution in [0, 0.1) is 18.7 Å². The van der Waals surface area contributed by atoms with Gasteiger partial charge in [-0.2, -0.15) is 0 Å². The zero-order valence-electron chi connectivity index (χ0n) is 15.4. The second kappa shape index (κ2) is 8.82. The van der Waals surface area contributed by atoms with Crippen molar-refractivity contribution in [2.45, 2.75) is 53.4 Å². The molecule has 0 saturated heterocycles. The Labute approximate surface area is 146 Å². The first-order valence-electron chi connectivity index (χ1n) is 9.04. The number of hydrogen-bond acceptors (Lipinski definition) is 0. The molecule has 0 radical (unpaired) electrons. The summed E-state index contributed by atoms with van der Waals surface area (Å²) in [5.74, 6) is 0.905. The average Bonchev–Trinajstić information content (AvgIpc) is 3.36. The first-order chi connectivity index (χ1) is 11.5. The van der Waals surface area contributed by atoms with E-state index >= 15 is 0 Å². The van der Waals surface area contributed by atoms with E-state index in [1.807, 2.05) is 6.07 Å². The van der Waals surface area contributed by atoms with Crippen LogP contribution in [-0.4, -0.2) is 0 Å². The predicted octanol–water partition coefficient (Wildman–Crippen LogP) is 7.28. The number of allylic oxidation sites excluding steroid dienone is 2. The van der Waals surface area contributed by atoms with Crippen molar-refractivity contribution in [3.05, 3.63) is 71.0 Å². The van der Waals surface area contributed by atoms with E-state index in [2.05, 4.69) is 52.0 Å². The first-order valence-corrected chi connectivity index (χ1v) is 9.04. The second-order valence-corrected chi connectivity index (χ2v) is 6.86. The minimum atomic E-state index is -0.178. The summed E-state index contributed by atoms with van der Waals surface area (Å²) in [5.41, 5.74) is 6.00. The summed E-state index contributed by atoms with van der Waals surface area (Å²) in [6.45, 7) is 8.67. The molecule has 0 N–H and O–H groups in total. The van der Waals surface area contributed by atoms with Crippen LogP contribution in [-0.2, 0) is 0 Å². The zero-order chi connectivity index (χ0) is 17.5. The summed E-state index contributed by atoms with van der Waals surface area (Å²) in [6, 6.07) is 15.3. The highest BCUT2D eigenvalue weighted by Gasteiger charge is 2.12. The van der Waals surface area contributed by atoms with Crippen molar-refractivity contribution in [3.63, 3.8) is 0 Å². The maximum absolute atomic E-state index is 13.4. The number of halogens is 1. The van der Waals surface area contributed by atoms with Crippen molar-refractivity contribution in [3.8, 4) is 0 Å². The molecule has 0 nitrogen and oxygen atoms in total. The van der Waals surface area contributed by atoms with Crippen molar-refractivity contribution in [2.24, 2.45) is 5.92 Å². The Morgan fingerprint density at radius 2 is 1.75 bits per heavy atom. The third-order valence-electron chi connectivity index (χ3n) is 4.55. The van der Waals surface area contributed by atoms with Crippen LogP contribution in [0.1, 0.15) is 63.1 Å². The van der Waals surface area contributed by atoms with Crippen LogP contribution in [0.4, 0.5) is 4.39 Å². The zero-order valence-corrected chi connectivity index (χ0v) is 15.4. The normalized spacial score (nSPS) is 14.5. The van der Waals surface area contributed by atoms with Crippen molar-refractivity contribution < 1.29 is 4.39 Å². The fraction of sp³-hybridized carbons (Fsp3) is 0.391. The van der Waals surface area contributed by atoms with Gasteiger partial charge in [0.1, 0.15) is 5.82 Å². The monoisotopic (exact) mass is 324 g/mol. The van der Waals surface area contributed by atoms with Crippen molar-refractivity contribution >= 4 is 11.1 Å². The fourth-order valence-electron chi connectivity index (χ4n) is 2.75. The third kappa shape index (κ3) is 5.33. The van der Waals surface area contributed by atoms with E-state index in [0.717, 1.165) is 24.3 Å². The number of benzene rings is 2. The number of rotatable bonds is 4. The van der Waals surface area contributed by atoms with Crippen LogP contribution < -0.4 is 0 Å². The molecule has 0 atom stereocenters. The lowest BCUT2D eigenvalue weighted by molar-refractivity contribution is 0.627. The van der Waals surface area contributed by atoms with E-state index in [0.29, 0.717) is 0 Å². The molecule has 24 heavy (non-hydrogen) atoms. The van der Waals surface area contributed by atoms with E-state index in [-0.39, 0.29) is 5.82 Å². The summed E-state index contributed by atoms with van der Waals surface area (Å²) in [6.07, 6.45) is 5.06. The highest BCUT2D eigenvalue weighted by molar-refractivity contribution is 5.90. The molecule has 0 unspecified atom stereocenters. The first kappa shape index (κ1) is 18.4. The van der Waals surface area contributed by atoms with Gasteiger partial charge in [-0.1, -0.05) is 69.5 Å². The molecule has 1 saturated carbocycles. The molecule has 128 valence electrons. The SMILES string of the molecule is CC1CC1.CCC/C(=C(/C)c1cccc(F)c1)c1ccccc1C. The molecular weight excluding hydrogens is 295 g/mol. The standard InChI is InChI=1S/C19H21F.C4H8/c1-4-8-19(18-12-6-5-9-14(18)2)15(3)16-10-7-11-17(20)13-16;1-4-2-3-4/h5-7,9-13H,4,8H2,1-3H3;4H,2-3H2,1H3/b19-15+;. The molecule has 0 aromatic heterocycles. The lowest BCUT2D eigenvalue weighted by atomic mass is 9.90. The Morgan fingerprint density at radius 1 is 1.08 bits per heavy atom. The van der Waals surface area contributed by atoms with E-state index in [1.165, 1.54) is 41.2 Å². The Hall–Kier alpha value is -1.89. The lowest BCUT2D eigenvalue weighted by Gasteiger charge is -2.15. The summed E-state index contributed by atoms with van der Waals surface area (Å²) >= 11 is 0. The summed E-state index contributed by atoms with van der Waals surface area (Å²) in [7, 11) is 0. The Bertz CT molecular complexity index is 693. The van der Waals surface area contributed by atoms with Gasteiger partial charge >= 0.3 is 0 Å². The quantitative estimate of drug-likeness (QED) is 0.518. The minimum absolute atomic E-state index is 0.178. The van der Waals surface area contributed by atoms with Gasteiger partial charge in [-0.3, -0.25) is 0 Å². The van der Waals surface area contributed by atoms with Gasteiger partial charge in [0.05, 0.1) is 0 Å². The topological polar surface area (TPSA) is 0 Å². The van der Waals surface area contributed by atoms with E-state index in [1.54, 1.807) is 12.1 Å². The highest BCUT2D eigenvalue weighted by Crippen LogP contribution is 2.31. The van der Waals surface area contributed by atoms with Crippen LogP contribution in [0.5, 0.6) is 0 Å².